The molecular weight excluding hydrogens is 238 g/mol. The molecule has 0 aliphatic heterocycles. The number of aliphatic carboxylic acids is 1. The molecule has 1 rings (SSSR count). The highest BCUT2D eigenvalue weighted by atomic mass is 35.5. The standard InChI is InChI=1S/C9H8ClNO5/c10-7-2-1-6(11(15)16)3-5(7)4-8(12)9(13)14/h1-3,8,12H,4H2,(H,13,14). The van der Waals surface area contributed by atoms with Crippen LogP contribution in [0.5, 0.6) is 0 Å². The van der Waals surface area contributed by atoms with Gasteiger partial charge in [-0.25, -0.2) is 4.79 Å². The molecule has 0 aromatic heterocycles. The maximum atomic E-state index is 10.5. The summed E-state index contributed by atoms with van der Waals surface area (Å²) in [4.78, 5) is 20.3. The lowest BCUT2D eigenvalue weighted by atomic mass is 10.1. The number of benzene rings is 1. The molecule has 0 aliphatic rings. The first kappa shape index (κ1) is 12.4. The fraction of sp³-hybridized carbons (Fsp3) is 0.222. The van der Waals surface area contributed by atoms with Gasteiger partial charge >= 0.3 is 5.97 Å². The van der Waals surface area contributed by atoms with E-state index in [1.165, 1.54) is 12.1 Å². The van der Waals surface area contributed by atoms with Crippen molar-refractivity contribution in [3.05, 3.63) is 38.9 Å². The average molecular weight is 246 g/mol. The Labute approximate surface area is 95.2 Å². The Morgan fingerprint density at radius 3 is 2.69 bits per heavy atom. The summed E-state index contributed by atoms with van der Waals surface area (Å²) in [7, 11) is 0. The molecule has 0 radical (unpaired) electrons. The zero-order valence-corrected chi connectivity index (χ0v) is 8.72. The van der Waals surface area contributed by atoms with Crippen LogP contribution in [0, 0.1) is 10.1 Å². The van der Waals surface area contributed by atoms with Gasteiger partial charge in [-0.05, 0) is 11.6 Å². The summed E-state index contributed by atoms with van der Waals surface area (Å²) in [6.45, 7) is 0. The van der Waals surface area contributed by atoms with Crippen molar-refractivity contribution < 1.29 is 19.9 Å². The summed E-state index contributed by atoms with van der Waals surface area (Å²) in [5.74, 6) is -1.40. The fourth-order valence-corrected chi connectivity index (χ4v) is 1.32. The van der Waals surface area contributed by atoms with E-state index in [4.69, 9.17) is 21.8 Å². The molecule has 0 bridgehead atoms. The molecule has 0 spiro atoms. The van der Waals surface area contributed by atoms with Crippen molar-refractivity contribution in [3.63, 3.8) is 0 Å². The third-order valence-electron chi connectivity index (χ3n) is 1.94. The van der Waals surface area contributed by atoms with Gasteiger partial charge in [0.25, 0.3) is 5.69 Å². The minimum atomic E-state index is -1.63. The van der Waals surface area contributed by atoms with Gasteiger partial charge in [-0.15, -0.1) is 0 Å². The zero-order valence-electron chi connectivity index (χ0n) is 7.96. The predicted octanol–water partition coefficient (Wildman–Crippen LogP) is 1.24. The van der Waals surface area contributed by atoms with E-state index in [-0.39, 0.29) is 22.7 Å². The van der Waals surface area contributed by atoms with Gasteiger partial charge < -0.3 is 10.2 Å². The number of aliphatic hydroxyl groups excluding tert-OH is 1. The summed E-state index contributed by atoms with van der Waals surface area (Å²) in [6.07, 6.45) is -1.89. The number of halogens is 1. The van der Waals surface area contributed by atoms with Crippen molar-refractivity contribution in [2.75, 3.05) is 0 Å². The lowest BCUT2D eigenvalue weighted by Gasteiger charge is -2.06. The highest BCUT2D eigenvalue weighted by Crippen LogP contribution is 2.23. The fourth-order valence-electron chi connectivity index (χ4n) is 1.13. The number of carbonyl (C=O) groups is 1. The Kier molecular flexibility index (Phi) is 3.81. The molecule has 1 unspecified atom stereocenters. The van der Waals surface area contributed by atoms with Crippen molar-refractivity contribution in [1.82, 2.24) is 0 Å². The minimum absolute atomic E-state index is 0.186. The van der Waals surface area contributed by atoms with E-state index in [9.17, 15) is 14.9 Å². The van der Waals surface area contributed by atoms with Crippen LogP contribution in [0.1, 0.15) is 5.56 Å². The first-order chi connectivity index (χ1) is 7.41. The number of rotatable bonds is 4. The number of nitro benzene ring substituents is 1. The number of carboxylic acids is 1. The number of carboxylic acid groups (broad SMARTS) is 1. The highest BCUT2D eigenvalue weighted by Gasteiger charge is 2.17. The number of hydrogen-bond donors (Lipinski definition) is 2. The third kappa shape index (κ3) is 2.91. The summed E-state index contributed by atoms with van der Waals surface area (Å²) < 4.78 is 0. The normalized spacial score (nSPS) is 12.1. The number of nitrogens with zero attached hydrogens (tertiary/aromatic N) is 1. The van der Waals surface area contributed by atoms with Gasteiger partial charge in [-0.1, -0.05) is 11.6 Å². The second kappa shape index (κ2) is 4.91. The Morgan fingerprint density at radius 2 is 2.19 bits per heavy atom. The van der Waals surface area contributed by atoms with Crippen LogP contribution in [-0.4, -0.2) is 27.2 Å². The molecule has 0 fully saturated rings. The van der Waals surface area contributed by atoms with Gasteiger partial charge in [-0.2, -0.15) is 0 Å². The summed E-state index contributed by atoms with van der Waals surface area (Å²) in [5, 5.41) is 28.2. The highest BCUT2D eigenvalue weighted by molar-refractivity contribution is 6.31. The van der Waals surface area contributed by atoms with Crippen LogP contribution in [0.25, 0.3) is 0 Å². The topological polar surface area (TPSA) is 101 Å². The lowest BCUT2D eigenvalue weighted by molar-refractivity contribution is -0.384. The van der Waals surface area contributed by atoms with Gasteiger partial charge in [0.2, 0.25) is 0 Å². The first-order valence-corrected chi connectivity index (χ1v) is 4.63. The third-order valence-corrected chi connectivity index (χ3v) is 2.31. The van der Waals surface area contributed by atoms with E-state index in [0.29, 0.717) is 0 Å². The number of aliphatic hydroxyl groups is 1. The second-order valence-corrected chi connectivity index (χ2v) is 3.50. The van der Waals surface area contributed by atoms with E-state index in [1.54, 1.807) is 0 Å². The van der Waals surface area contributed by atoms with E-state index < -0.39 is 17.0 Å². The van der Waals surface area contributed by atoms with Crippen molar-refractivity contribution in [3.8, 4) is 0 Å². The zero-order chi connectivity index (χ0) is 12.3. The first-order valence-electron chi connectivity index (χ1n) is 4.25. The largest absolute Gasteiger partial charge is 0.479 e. The molecule has 0 saturated heterocycles. The van der Waals surface area contributed by atoms with E-state index >= 15 is 0 Å². The van der Waals surface area contributed by atoms with E-state index in [1.807, 2.05) is 0 Å². The Bertz CT molecular complexity index is 434. The number of nitro groups is 1. The van der Waals surface area contributed by atoms with Gasteiger partial charge in [-0.3, -0.25) is 10.1 Å². The van der Waals surface area contributed by atoms with E-state index in [2.05, 4.69) is 0 Å². The molecule has 0 saturated carbocycles. The maximum absolute atomic E-state index is 10.5. The van der Waals surface area contributed by atoms with Crippen LogP contribution in [-0.2, 0) is 11.2 Å². The smallest absolute Gasteiger partial charge is 0.332 e. The average Bonchev–Trinajstić information content (AvgIpc) is 2.20. The Balaban J connectivity index is 2.98. The van der Waals surface area contributed by atoms with Crippen LogP contribution in [0.2, 0.25) is 5.02 Å². The minimum Gasteiger partial charge on any atom is -0.479 e. The SMILES string of the molecule is O=C(O)C(O)Cc1cc([N+](=O)[O-])ccc1Cl. The number of non-ortho nitro benzene ring substituents is 1. The predicted molar refractivity (Wildman–Crippen MR) is 55.5 cm³/mol. The second-order valence-electron chi connectivity index (χ2n) is 3.09. The van der Waals surface area contributed by atoms with Gasteiger partial charge in [0, 0.05) is 23.6 Å². The molecule has 7 heteroatoms. The van der Waals surface area contributed by atoms with Gasteiger partial charge in [0.1, 0.15) is 0 Å². The molecular formula is C9H8ClNO5. The Hall–Kier alpha value is -1.66. The van der Waals surface area contributed by atoms with Crippen molar-refractivity contribution in [2.45, 2.75) is 12.5 Å². The molecule has 16 heavy (non-hydrogen) atoms. The summed E-state index contributed by atoms with van der Waals surface area (Å²) in [6, 6.07) is 3.65. The van der Waals surface area contributed by atoms with Crippen LogP contribution in [0.15, 0.2) is 18.2 Å². The molecule has 1 aromatic rings. The van der Waals surface area contributed by atoms with Gasteiger partial charge in [0.15, 0.2) is 6.10 Å². The molecule has 0 heterocycles. The van der Waals surface area contributed by atoms with Crippen LogP contribution in [0.4, 0.5) is 5.69 Å². The maximum Gasteiger partial charge on any atom is 0.332 e. The molecule has 86 valence electrons. The summed E-state index contributed by atoms with van der Waals surface area (Å²) in [5.41, 5.74) is 0.0303. The van der Waals surface area contributed by atoms with Crippen molar-refractivity contribution in [1.29, 1.82) is 0 Å². The molecule has 2 N–H and O–H groups in total. The molecule has 1 aromatic carbocycles. The molecule has 0 amide bonds. The summed E-state index contributed by atoms with van der Waals surface area (Å²) >= 11 is 5.72. The monoisotopic (exact) mass is 245 g/mol. The van der Waals surface area contributed by atoms with Gasteiger partial charge in [0.05, 0.1) is 4.92 Å². The Morgan fingerprint density at radius 1 is 1.56 bits per heavy atom. The lowest BCUT2D eigenvalue weighted by Crippen LogP contribution is -2.22. The quantitative estimate of drug-likeness (QED) is 0.614. The van der Waals surface area contributed by atoms with Crippen LogP contribution < -0.4 is 0 Å². The van der Waals surface area contributed by atoms with Crippen molar-refractivity contribution >= 4 is 23.3 Å². The number of hydrogen-bond acceptors (Lipinski definition) is 4. The van der Waals surface area contributed by atoms with Crippen LogP contribution >= 0.6 is 11.6 Å². The van der Waals surface area contributed by atoms with E-state index in [0.717, 1.165) is 6.07 Å². The van der Waals surface area contributed by atoms with Crippen LogP contribution in [0.3, 0.4) is 0 Å². The van der Waals surface area contributed by atoms with Crippen molar-refractivity contribution in [2.24, 2.45) is 0 Å². The molecule has 1 atom stereocenters. The molecule has 0 aliphatic carbocycles. The molecule has 6 nitrogen and oxygen atoms in total.